The Hall–Kier alpha value is -1.73. The van der Waals surface area contributed by atoms with Crippen LogP contribution in [0.2, 0.25) is 5.02 Å². The number of nitrogens with zero attached hydrogens (tertiary/aromatic N) is 1. The van der Waals surface area contributed by atoms with Crippen molar-refractivity contribution in [2.24, 2.45) is 0 Å². The molecule has 8 heteroatoms. The van der Waals surface area contributed by atoms with Crippen LogP contribution in [0.4, 0.5) is 23.7 Å². The molecule has 1 saturated carbocycles. The topological polar surface area (TPSA) is 41.6 Å². The number of allylic oxidation sites excluding steroid dienone is 1. The largest absolute Gasteiger partial charge is 0.423 e. The third-order valence-electron chi connectivity index (χ3n) is 4.58. The molecular formula is C18H20ClF3N2O2. The van der Waals surface area contributed by atoms with Gasteiger partial charge in [-0.15, -0.1) is 0 Å². The van der Waals surface area contributed by atoms with E-state index in [4.69, 9.17) is 16.3 Å². The summed E-state index contributed by atoms with van der Waals surface area (Å²) in [6, 6.07) is 3.31. The lowest BCUT2D eigenvalue weighted by Crippen LogP contribution is -2.53. The van der Waals surface area contributed by atoms with Crippen LogP contribution < -0.4 is 5.32 Å². The number of fused-ring (bicyclic) bond motifs is 1. The van der Waals surface area contributed by atoms with E-state index in [0.29, 0.717) is 12.8 Å². The van der Waals surface area contributed by atoms with Crippen LogP contribution in [-0.2, 0) is 10.3 Å². The minimum Gasteiger partial charge on any atom is -0.355 e. The average molecular weight is 389 g/mol. The molecule has 4 nitrogen and oxygen atoms in total. The van der Waals surface area contributed by atoms with Crippen molar-refractivity contribution in [1.82, 2.24) is 4.90 Å². The fraction of sp³-hybridized carbons (Fsp3) is 0.500. The number of benzene rings is 1. The molecule has 2 amide bonds. The van der Waals surface area contributed by atoms with Crippen LogP contribution in [0.25, 0.3) is 0 Å². The number of carbonyl (C=O) groups excluding carboxylic acids is 1. The van der Waals surface area contributed by atoms with Crippen LogP contribution in [-0.4, -0.2) is 36.3 Å². The van der Waals surface area contributed by atoms with Crippen molar-refractivity contribution in [3.05, 3.63) is 40.4 Å². The van der Waals surface area contributed by atoms with Gasteiger partial charge in [0.1, 0.15) is 0 Å². The Bertz CT molecular complexity index is 742. The third-order valence-corrected chi connectivity index (χ3v) is 4.81. The monoisotopic (exact) mass is 388 g/mol. The molecule has 3 rings (SSSR count). The third kappa shape index (κ3) is 3.55. The van der Waals surface area contributed by atoms with Crippen LogP contribution in [0.1, 0.15) is 32.3 Å². The van der Waals surface area contributed by atoms with E-state index in [1.807, 2.05) is 0 Å². The smallest absolute Gasteiger partial charge is 0.355 e. The first kappa shape index (κ1) is 19.0. The molecule has 0 spiro atoms. The van der Waals surface area contributed by atoms with Gasteiger partial charge in [-0.25, -0.2) is 4.79 Å². The fourth-order valence-corrected chi connectivity index (χ4v) is 3.19. The zero-order valence-electron chi connectivity index (χ0n) is 14.5. The number of anilines is 1. The van der Waals surface area contributed by atoms with Gasteiger partial charge in [-0.3, -0.25) is 0 Å². The number of amides is 2. The second-order valence-electron chi connectivity index (χ2n) is 6.90. The quantitative estimate of drug-likeness (QED) is 0.730. The van der Waals surface area contributed by atoms with Crippen molar-refractivity contribution in [3.8, 4) is 0 Å². The summed E-state index contributed by atoms with van der Waals surface area (Å²) in [7, 11) is 0. The van der Waals surface area contributed by atoms with Gasteiger partial charge in [-0.2, -0.15) is 13.2 Å². The summed E-state index contributed by atoms with van der Waals surface area (Å²) in [5, 5.41) is 2.73. The van der Waals surface area contributed by atoms with E-state index in [0.717, 1.165) is 5.57 Å². The second-order valence-corrected chi connectivity index (χ2v) is 7.33. The maximum atomic E-state index is 14.3. The fourth-order valence-electron chi connectivity index (χ4n) is 3.02. The molecule has 0 aromatic heterocycles. The summed E-state index contributed by atoms with van der Waals surface area (Å²) in [5.74, 6) is 0. The summed E-state index contributed by atoms with van der Waals surface area (Å²) < 4.78 is 48.5. The highest BCUT2D eigenvalue weighted by Crippen LogP contribution is 2.49. The van der Waals surface area contributed by atoms with Crippen LogP contribution in [0, 0.1) is 0 Å². The van der Waals surface area contributed by atoms with Gasteiger partial charge in [0, 0.05) is 22.3 Å². The molecule has 142 valence electrons. The van der Waals surface area contributed by atoms with Gasteiger partial charge in [0.25, 0.3) is 0 Å². The Kier molecular flexibility index (Phi) is 4.96. The number of hydrogen-bond acceptors (Lipinski definition) is 2. The van der Waals surface area contributed by atoms with Gasteiger partial charge in [0.15, 0.2) is 0 Å². The molecule has 1 heterocycles. The maximum Gasteiger partial charge on any atom is 0.423 e. The minimum atomic E-state index is -4.73. The van der Waals surface area contributed by atoms with Crippen LogP contribution >= 0.6 is 11.6 Å². The zero-order valence-corrected chi connectivity index (χ0v) is 15.2. The SMILES string of the molecule is CC(C)=CCO[C@@]1(C(F)(F)F)CN(C2CC2)C(=O)Nc2ccc(Cl)cc21. The molecule has 2 aliphatic rings. The minimum absolute atomic E-state index is 0.0667. The van der Waals surface area contributed by atoms with E-state index in [-0.39, 0.29) is 28.9 Å². The molecule has 1 N–H and O–H groups in total. The van der Waals surface area contributed by atoms with E-state index >= 15 is 0 Å². The molecule has 1 aromatic rings. The normalized spacial score (nSPS) is 23.2. The molecule has 0 bridgehead atoms. The number of hydrogen-bond donors (Lipinski definition) is 1. The van der Waals surface area contributed by atoms with Crippen molar-refractivity contribution in [1.29, 1.82) is 0 Å². The predicted molar refractivity (Wildman–Crippen MR) is 93.3 cm³/mol. The lowest BCUT2D eigenvalue weighted by Gasteiger charge is -2.38. The molecule has 1 fully saturated rings. The molecule has 1 aliphatic heterocycles. The van der Waals surface area contributed by atoms with Crippen molar-refractivity contribution < 1.29 is 22.7 Å². The number of urea groups is 1. The van der Waals surface area contributed by atoms with Crippen molar-refractivity contribution in [2.75, 3.05) is 18.5 Å². The van der Waals surface area contributed by atoms with E-state index < -0.39 is 24.4 Å². The molecule has 0 saturated heterocycles. The Morgan fingerprint density at radius 2 is 2.12 bits per heavy atom. The summed E-state index contributed by atoms with van der Waals surface area (Å²) in [5.41, 5.74) is -1.91. The first-order valence-corrected chi connectivity index (χ1v) is 8.73. The first-order valence-electron chi connectivity index (χ1n) is 8.36. The number of rotatable bonds is 4. The molecule has 1 aliphatic carbocycles. The first-order chi connectivity index (χ1) is 12.1. The molecule has 1 atom stereocenters. The van der Waals surface area contributed by atoms with E-state index in [2.05, 4.69) is 5.32 Å². The lowest BCUT2D eigenvalue weighted by molar-refractivity contribution is -0.284. The number of nitrogens with one attached hydrogen (secondary N) is 1. The molecular weight excluding hydrogens is 369 g/mol. The number of halogens is 4. The molecule has 0 unspecified atom stereocenters. The summed E-state index contributed by atoms with van der Waals surface area (Å²) >= 11 is 5.98. The number of carbonyl (C=O) groups is 1. The predicted octanol–water partition coefficient (Wildman–Crippen LogP) is 5.09. The van der Waals surface area contributed by atoms with Gasteiger partial charge >= 0.3 is 12.2 Å². The Balaban J connectivity index is 2.14. The average Bonchev–Trinajstić information content (AvgIpc) is 3.35. The molecule has 26 heavy (non-hydrogen) atoms. The van der Waals surface area contributed by atoms with Gasteiger partial charge < -0.3 is 15.0 Å². The van der Waals surface area contributed by atoms with Crippen molar-refractivity contribution in [3.63, 3.8) is 0 Å². The van der Waals surface area contributed by atoms with Gasteiger partial charge in [0.05, 0.1) is 13.2 Å². The van der Waals surface area contributed by atoms with E-state index in [9.17, 15) is 18.0 Å². The number of ether oxygens (including phenoxy) is 1. The maximum absolute atomic E-state index is 14.3. The highest BCUT2D eigenvalue weighted by molar-refractivity contribution is 6.30. The second kappa shape index (κ2) is 6.78. The van der Waals surface area contributed by atoms with Crippen molar-refractivity contribution in [2.45, 2.75) is 44.5 Å². The van der Waals surface area contributed by atoms with E-state index in [1.54, 1.807) is 19.9 Å². The van der Waals surface area contributed by atoms with Crippen LogP contribution in [0.15, 0.2) is 29.8 Å². The molecule has 0 radical (unpaired) electrons. The Labute approximate surface area is 154 Å². The van der Waals surface area contributed by atoms with Crippen LogP contribution in [0.3, 0.4) is 0 Å². The van der Waals surface area contributed by atoms with E-state index in [1.165, 1.54) is 23.1 Å². The van der Waals surface area contributed by atoms with Gasteiger partial charge in [0.2, 0.25) is 5.60 Å². The van der Waals surface area contributed by atoms with Crippen molar-refractivity contribution >= 4 is 23.3 Å². The number of alkyl halides is 3. The summed E-state index contributed by atoms with van der Waals surface area (Å²) in [6.45, 7) is 2.74. The summed E-state index contributed by atoms with van der Waals surface area (Å²) in [4.78, 5) is 13.7. The molecule has 1 aromatic carbocycles. The summed E-state index contributed by atoms with van der Waals surface area (Å²) in [6.07, 6.45) is -1.78. The Morgan fingerprint density at radius 1 is 1.42 bits per heavy atom. The zero-order chi connectivity index (χ0) is 19.1. The van der Waals surface area contributed by atoms with Gasteiger partial charge in [-0.1, -0.05) is 23.3 Å². The standard InChI is InChI=1S/C18H20ClF3N2O2/c1-11(2)7-8-26-17(18(20,21)22)10-24(13-4-5-13)16(25)23-15-6-3-12(19)9-14(15)17/h3,6-7,9,13H,4-5,8,10H2,1-2H3,(H,23,25)/t17-/m0/s1. The Morgan fingerprint density at radius 3 is 2.69 bits per heavy atom. The highest BCUT2D eigenvalue weighted by atomic mass is 35.5. The highest BCUT2D eigenvalue weighted by Gasteiger charge is 2.61. The lowest BCUT2D eigenvalue weighted by atomic mass is 9.90. The van der Waals surface area contributed by atoms with Gasteiger partial charge in [-0.05, 0) is 44.9 Å². The van der Waals surface area contributed by atoms with Crippen LogP contribution in [0.5, 0.6) is 0 Å².